The van der Waals surface area contributed by atoms with Gasteiger partial charge < -0.3 is 10.1 Å². The highest BCUT2D eigenvalue weighted by molar-refractivity contribution is 7.80. The van der Waals surface area contributed by atoms with Crippen LogP contribution >= 0.6 is 12.2 Å². The van der Waals surface area contributed by atoms with Gasteiger partial charge in [0.25, 0.3) is 0 Å². The first-order valence-electron chi connectivity index (χ1n) is 8.21. The summed E-state index contributed by atoms with van der Waals surface area (Å²) >= 11 is 5.23. The van der Waals surface area contributed by atoms with Crippen LogP contribution in [0.2, 0.25) is 0 Å². The number of ether oxygens (including phenoxy) is 1. The van der Waals surface area contributed by atoms with Gasteiger partial charge >= 0.3 is 0 Å². The van der Waals surface area contributed by atoms with Crippen molar-refractivity contribution in [2.75, 3.05) is 12.4 Å². The molecule has 2 rings (SSSR count). The van der Waals surface area contributed by atoms with Gasteiger partial charge in [-0.25, -0.2) is 4.39 Å². The average Bonchev–Trinajstić information content (AvgIpc) is 2.62. The number of nitrogens with one attached hydrogen (secondary N) is 3. The molecule has 7 heteroatoms. The number of hydrazine groups is 1. The molecule has 0 aliphatic rings. The van der Waals surface area contributed by atoms with Crippen molar-refractivity contribution in [3.05, 3.63) is 58.9 Å². The Balaban J connectivity index is 1.89. The van der Waals surface area contributed by atoms with Crippen LogP contribution in [0.5, 0.6) is 5.75 Å². The molecule has 0 aliphatic heterocycles. The third-order valence-corrected chi connectivity index (χ3v) is 4.08. The summed E-state index contributed by atoms with van der Waals surface area (Å²) in [7, 11) is 1.39. The molecule has 138 valence electrons. The highest BCUT2D eigenvalue weighted by atomic mass is 32.1. The molecule has 0 radical (unpaired) electrons. The number of hydrogen-bond donors (Lipinski definition) is 3. The van der Waals surface area contributed by atoms with Crippen LogP contribution in [0.25, 0.3) is 0 Å². The molecule has 26 heavy (non-hydrogen) atoms. The maximum atomic E-state index is 13.7. The summed E-state index contributed by atoms with van der Waals surface area (Å²) in [6, 6.07) is 10.4. The van der Waals surface area contributed by atoms with Crippen molar-refractivity contribution in [2.45, 2.75) is 26.7 Å². The van der Waals surface area contributed by atoms with Crippen LogP contribution in [-0.4, -0.2) is 18.1 Å². The molecule has 0 fully saturated rings. The van der Waals surface area contributed by atoms with Crippen molar-refractivity contribution in [1.82, 2.24) is 10.9 Å². The van der Waals surface area contributed by atoms with Gasteiger partial charge in [0.15, 0.2) is 16.7 Å². The second-order valence-corrected chi connectivity index (χ2v) is 6.14. The fraction of sp³-hybridized carbons (Fsp3) is 0.263. The van der Waals surface area contributed by atoms with E-state index in [1.54, 1.807) is 6.07 Å². The van der Waals surface area contributed by atoms with Gasteiger partial charge in [-0.1, -0.05) is 31.2 Å². The SMILES string of the molecule is CCc1cccc(C)c1NC(=S)NNC(=O)Cc1ccc(OC)c(F)c1. The number of halogens is 1. The molecule has 3 N–H and O–H groups in total. The third kappa shape index (κ3) is 5.16. The van der Waals surface area contributed by atoms with E-state index < -0.39 is 5.82 Å². The average molecular weight is 375 g/mol. The standard InChI is InChI=1S/C19H22FN3O2S/c1-4-14-7-5-6-12(2)18(14)21-19(26)23-22-17(24)11-13-8-9-16(25-3)15(20)10-13/h5-10H,4,11H2,1-3H3,(H,22,24)(H2,21,23,26). The Morgan fingerprint density at radius 2 is 2.00 bits per heavy atom. The Labute approximate surface area is 157 Å². The smallest absolute Gasteiger partial charge is 0.242 e. The molecule has 1 amide bonds. The summed E-state index contributed by atoms with van der Waals surface area (Å²) in [6.07, 6.45) is 0.878. The summed E-state index contributed by atoms with van der Waals surface area (Å²) in [4.78, 5) is 12.0. The van der Waals surface area contributed by atoms with E-state index in [9.17, 15) is 9.18 Å². The molecule has 0 atom stereocenters. The summed E-state index contributed by atoms with van der Waals surface area (Å²) in [5.41, 5.74) is 8.84. The van der Waals surface area contributed by atoms with Crippen LogP contribution in [0.4, 0.5) is 10.1 Å². The molecule has 2 aromatic carbocycles. The zero-order valence-electron chi connectivity index (χ0n) is 15.0. The highest BCUT2D eigenvalue weighted by Gasteiger charge is 2.09. The number of carbonyl (C=O) groups is 1. The van der Waals surface area contributed by atoms with Crippen molar-refractivity contribution in [3.8, 4) is 5.75 Å². The highest BCUT2D eigenvalue weighted by Crippen LogP contribution is 2.21. The molecule has 0 unspecified atom stereocenters. The molecule has 0 saturated carbocycles. The number of thiocarbonyl (C=S) groups is 1. The van der Waals surface area contributed by atoms with Crippen LogP contribution in [0.1, 0.15) is 23.6 Å². The topological polar surface area (TPSA) is 62.4 Å². The Morgan fingerprint density at radius 1 is 1.23 bits per heavy atom. The van der Waals surface area contributed by atoms with E-state index in [1.807, 2.05) is 25.1 Å². The number of aryl methyl sites for hydroxylation is 2. The van der Waals surface area contributed by atoms with Gasteiger partial charge in [-0.05, 0) is 54.4 Å². The maximum Gasteiger partial charge on any atom is 0.242 e. The van der Waals surface area contributed by atoms with Crippen LogP contribution in [0, 0.1) is 12.7 Å². The quantitative estimate of drug-likeness (QED) is 0.553. The largest absolute Gasteiger partial charge is 0.494 e. The monoisotopic (exact) mass is 375 g/mol. The van der Waals surface area contributed by atoms with Crippen molar-refractivity contribution >= 4 is 28.9 Å². The van der Waals surface area contributed by atoms with Crippen molar-refractivity contribution < 1.29 is 13.9 Å². The molecule has 0 aliphatic carbocycles. The molecule has 5 nitrogen and oxygen atoms in total. The predicted octanol–water partition coefficient (Wildman–Crippen LogP) is 3.27. The van der Waals surface area contributed by atoms with Crippen LogP contribution < -0.4 is 20.9 Å². The molecule has 0 saturated heterocycles. The number of para-hydroxylation sites is 1. The van der Waals surface area contributed by atoms with Crippen LogP contribution in [-0.2, 0) is 17.6 Å². The number of amides is 1. The first-order chi connectivity index (χ1) is 12.4. The lowest BCUT2D eigenvalue weighted by molar-refractivity contribution is -0.120. The van der Waals surface area contributed by atoms with E-state index in [4.69, 9.17) is 17.0 Å². The van der Waals surface area contributed by atoms with E-state index in [0.717, 1.165) is 23.2 Å². The number of benzene rings is 2. The first-order valence-corrected chi connectivity index (χ1v) is 8.62. The molecule has 0 spiro atoms. The predicted molar refractivity (Wildman–Crippen MR) is 105 cm³/mol. The van der Waals surface area contributed by atoms with E-state index >= 15 is 0 Å². The Bertz CT molecular complexity index is 811. The van der Waals surface area contributed by atoms with Crippen LogP contribution in [0.3, 0.4) is 0 Å². The van der Waals surface area contributed by atoms with E-state index in [2.05, 4.69) is 23.1 Å². The number of hydrogen-bond acceptors (Lipinski definition) is 3. The Kier molecular flexibility index (Phi) is 6.91. The lowest BCUT2D eigenvalue weighted by atomic mass is 10.1. The number of carbonyl (C=O) groups excluding carboxylic acids is 1. The van der Waals surface area contributed by atoms with Crippen molar-refractivity contribution in [3.63, 3.8) is 0 Å². The molecule has 0 aromatic heterocycles. The first kappa shape index (κ1) is 19.7. The van der Waals surface area contributed by atoms with Gasteiger partial charge in [0.1, 0.15) is 0 Å². The zero-order valence-corrected chi connectivity index (χ0v) is 15.8. The summed E-state index contributed by atoms with van der Waals surface area (Å²) in [6.45, 7) is 4.05. The minimum atomic E-state index is -0.505. The van der Waals surface area contributed by atoms with Gasteiger partial charge in [-0.15, -0.1) is 0 Å². The Morgan fingerprint density at radius 3 is 2.65 bits per heavy atom. The normalized spacial score (nSPS) is 10.2. The summed E-state index contributed by atoms with van der Waals surface area (Å²) in [5, 5.41) is 3.38. The number of rotatable bonds is 5. The van der Waals surface area contributed by atoms with E-state index in [1.165, 1.54) is 19.2 Å². The lowest BCUT2D eigenvalue weighted by Crippen LogP contribution is -2.44. The number of methoxy groups -OCH3 is 1. The fourth-order valence-corrected chi connectivity index (χ4v) is 2.68. The van der Waals surface area contributed by atoms with Gasteiger partial charge in [0.05, 0.1) is 13.5 Å². The second kappa shape index (κ2) is 9.15. The summed E-state index contributed by atoms with van der Waals surface area (Å²) < 4.78 is 18.5. The van der Waals surface area contributed by atoms with Crippen LogP contribution in [0.15, 0.2) is 36.4 Å². The molecule has 0 bridgehead atoms. The van der Waals surface area contributed by atoms with E-state index in [-0.39, 0.29) is 23.2 Å². The van der Waals surface area contributed by atoms with Gasteiger partial charge in [-0.2, -0.15) is 0 Å². The molecule has 2 aromatic rings. The lowest BCUT2D eigenvalue weighted by Gasteiger charge is -2.16. The van der Waals surface area contributed by atoms with Gasteiger partial charge in [0.2, 0.25) is 5.91 Å². The molecular weight excluding hydrogens is 353 g/mol. The fourth-order valence-electron chi connectivity index (χ4n) is 2.52. The van der Waals surface area contributed by atoms with E-state index in [0.29, 0.717) is 5.56 Å². The summed E-state index contributed by atoms with van der Waals surface area (Å²) in [5.74, 6) is -0.698. The molecule has 0 heterocycles. The third-order valence-electron chi connectivity index (χ3n) is 3.87. The maximum absolute atomic E-state index is 13.7. The second-order valence-electron chi connectivity index (χ2n) is 5.74. The zero-order chi connectivity index (χ0) is 19.1. The number of anilines is 1. The minimum absolute atomic E-state index is 0.0150. The van der Waals surface area contributed by atoms with Crippen molar-refractivity contribution in [1.29, 1.82) is 0 Å². The Hall–Kier alpha value is -2.67. The van der Waals surface area contributed by atoms with Crippen molar-refractivity contribution in [2.24, 2.45) is 0 Å². The van der Waals surface area contributed by atoms with Gasteiger partial charge in [0, 0.05) is 5.69 Å². The minimum Gasteiger partial charge on any atom is -0.494 e. The van der Waals surface area contributed by atoms with Gasteiger partial charge in [-0.3, -0.25) is 15.6 Å². The molecular formula is C19H22FN3O2S.